The number of nitrogen functional groups attached to an aromatic ring is 1. The second kappa shape index (κ2) is 10.3. The summed E-state index contributed by atoms with van der Waals surface area (Å²) < 4.78 is 1.45. The Morgan fingerprint density at radius 1 is 1.03 bits per heavy atom. The van der Waals surface area contributed by atoms with Crippen molar-refractivity contribution in [3.05, 3.63) is 87.7 Å². The van der Waals surface area contributed by atoms with Crippen molar-refractivity contribution in [2.45, 2.75) is 18.0 Å². The predicted molar refractivity (Wildman–Crippen MR) is 131 cm³/mol. The average molecular weight is 486 g/mol. The standard InChI is InChI=1S/C23H21Cl2N5OS/c24-18-9-8-16(20(25)13-18)10-11-27-22(31)14-32-23-29-28-21(30(23)26)12-17-6-3-5-15-4-1-2-7-19(15)17/h1-9,13H,10-12,14,26H2,(H,27,31). The first-order valence-electron chi connectivity index (χ1n) is 10.0. The van der Waals surface area contributed by atoms with Crippen molar-refractivity contribution < 1.29 is 4.79 Å². The lowest BCUT2D eigenvalue weighted by Gasteiger charge is -2.08. The molecule has 164 valence electrons. The van der Waals surface area contributed by atoms with Crippen molar-refractivity contribution in [3.63, 3.8) is 0 Å². The van der Waals surface area contributed by atoms with Gasteiger partial charge in [0.1, 0.15) is 0 Å². The number of rotatable bonds is 8. The summed E-state index contributed by atoms with van der Waals surface area (Å²) in [4.78, 5) is 12.2. The molecule has 0 aliphatic heterocycles. The van der Waals surface area contributed by atoms with Crippen LogP contribution in [-0.2, 0) is 17.6 Å². The summed E-state index contributed by atoms with van der Waals surface area (Å²) in [6, 6.07) is 19.7. The summed E-state index contributed by atoms with van der Waals surface area (Å²) in [6.07, 6.45) is 1.17. The number of hydrogen-bond donors (Lipinski definition) is 2. The van der Waals surface area contributed by atoms with Gasteiger partial charge in [-0.3, -0.25) is 4.79 Å². The van der Waals surface area contributed by atoms with Crippen LogP contribution in [0.2, 0.25) is 10.0 Å². The number of amides is 1. The SMILES string of the molecule is Nn1c(Cc2cccc3ccccc23)nnc1SCC(=O)NCCc1ccc(Cl)cc1Cl. The highest BCUT2D eigenvalue weighted by atomic mass is 35.5. The lowest BCUT2D eigenvalue weighted by Crippen LogP contribution is -2.27. The molecule has 4 aromatic rings. The minimum absolute atomic E-state index is 0.112. The van der Waals surface area contributed by atoms with E-state index in [1.807, 2.05) is 24.3 Å². The quantitative estimate of drug-likeness (QED) is 0.283. The van der Waals surface area contributed by atoms with Gasteiger partial charge in [-0.15, -0.1) is 10.2 Å². The number of nitrogens with two attached hydrogens (primary N) is 1. The molecule has 4 rings (SSSR count). The molecular weight excluding hydrogens is 465 g/mol. The fourth-order valence-electron chi connectivity index (χ4n) is 3.39. The van der Waals surface area contributed by atoms with E-state index in [2.05, 4.69) is 39.8 Å². The van der Waals surface area contributed by atoms with Gasteiger partial charge in [0.05, 0.1) is 5.75 Å². The smallest absolute Gasteiger partial charge is 0.230 e. The maximum Gasteiger partial charge on any atom is 0.230 e. The lowest BCUT2D eigenvalue weighted by atomic mass is 10.0. The molecule has 0 aliphatic rings. The van der Waals surface area contributed by atoms with Gasteiger partial charge in [0.15, 0.2) is 5.82 Å². The Hall–Kier alpha value is -2.74. The van der Waals surface area contributed by atoms with Gasteiger partial charge in [-0.2, -0.15) is 0 Å². The molecule has 9 heteroatoms. The number of nitrogens with one attached hydrogen (secondary N) is 1. The Balaban J connectivity index is 1.31. The summed E-state index contributed by atoms with van der Waals surface area (Å²) >= 11 is 13.3. The van der Waals surface area contributed by atoms with E-state index >= 15 is 0 Å². The van der Waals surface area contributed by atoms with Gasteiger partial charge in [0.2, 0.25) is 11.1 Å². The number of halogens is 2. The molecule has 0 saturated heterocycles. The first kappa shape index (κ1) is 22.5. The van der Waals surface area contributed by atoms with Crippen LogP contribution in [0.15, 0.2) is 65.8 Å². The first-order valence-corrected chi connectivity index (χ1v) is 11.7. The van der Waals surface area contributed by atoms with E-state index in [1.54, 1.807) is 12.1 Å². The van der Waals surface area contributed by atoms with E-state index in [0.29, 0.717) is 40.4 Å². The van der Waals surface area contributed by atoms with Crippen LogP contribution >= 0.6 is 35.0 Å². The Kier molecular flexibility index (Phi) is 7.19. The van der Waals surface area contributed by atoms with Gasteiger partial charge in [-0.05, 0) is 40.5 Å². The van der Waals surface area contributed by atoms with Crippen LogP contribution in [0.4, 0.5) is 0 Å². The van der Waals surface area contributed by atoms with Crippen LogP contribution in [0, 0.1) is 0 Å². The van der Waals surface area contributed by atoms with E-state index < -0.39 is 0 Å². The van der Waals surface area contributed by atoms with Crippen molar-refractivity contribution in [1.29, 1.82) is 0 Å². The minimum Gasteiger partial charge on any atom is -0.355 e. The number of aromatic nitrogens is 3. The maximum atomic E-state index is 12.2. The number of thioether (sulfide) groups is 1. The summed E-state index contributed by atoms with van der Waals surface area (Å²) in [6.45, 7) is 0.475. The summed E-state index contributed by atoms with van der Waals surface area (Å²) in [5.41, 5.74) is 2.06. The van der Waals surface area contributed by atoms with Gasteiger partial charge in [0.25, 0.3) is 0 Å². The molecule has 0 saturated carbocycles. The molecule has 3 aromatic carbocycles. The van der Waals surface area contributed by atoms with Crippen LogP contribution in [0.3, 0.4) is 0 Å². The maximum absolute atomic E-state index is 12.2. The normalized spacial score (nSPS) is 11.1. The van der Waals surface area contributed by atoms with Crippen LogP contribution in [-0.4, -0.2) is 33.1 Å². The fourth-order valence-corrected chi connectivity index (χ4v) is 4.59. The van der Waals surface area contributed by atoms with E-state index in [0.717, 1.165) is 16.5 Å². The zero-order valence-electron chi connectivity index (χ0n) is 17.1. The van der Waals surface area contributed by atoms with E-state index in [1.165, 1.54) is 21.8 Å². The van der Waals surface area contributed by atoms with Gasteiger partial charge in [0, 0.05) is 23.0 Å². The number of nitrogens with zero attached hydrogens (tertiary/aromatic N) is 3. The van der Waals surface area contributed by atoms with Crippen LogP contribution in [0.1, 0.15) is 17.0 Å². The zero-order chi connectivity index (χ0) is 22.5. The van der Waals surface area contributed by atoms with Gasteiger partial charge in [-0.1, -0.05) is 83.5 Å². The predicted octanol–water partition coefficient (Wildman–Crippen LogP) is 4.49. The van der Waals surface area contributed by atoms with E-state index in [4.69, 9.17) is 29.0 Å². The second-order valence-electron chi connectivity index (χ2n) is 7.21. The van der Waals surface area contributed by atoms with Crippen LogP contribution in [0.25, 0.3) is 10.8 Å². The van der Waals surface area contributed by atoms with E-state index in [-0.39, 0.29) is 11.7 Å². The van der Waals surface area contributed by atoms with Gasteiger partial charge < -0.3 is 11.2 Å². The molecule has 1 heterocycles. The molecule has 0 radical (unpaired) electrons. The third-order valence-electron chi connectivity index (χ3n) is 5.03. The Morgan fingerprint density at radius 2 is 1.84 bits per heavy atom. The highest BCUT2D eigenvalue weighted by molar-refractivity contribution is 7.99. The third-order valence-corrected chi connectivity index (χ3v) is 6.56. The Bertz CT molecular complexity index is 1260. The molecule has 0 unspecified atom stereocenters. The molecule has 1 aromatic heterocycles. The summed E-state index contributed by atoms with van der Waals surface area (Å²) in [5, 5.41) is 15.3. The molecular formula is C23H21Cl2N5OS. The molecule has 0 atom stereocenters. The van der Waals surface area contributed by atoms with Crippen molar-refractivity contribution in [2.24, 2.45) is 0 Å². The van der Waals surface area contributed by atoms with Crippen molar-refractivity contribution >= 4 is 51.6 Å². The Labute approximate surface area is 200 Å². The topological polar surface area (TPSA) is 85.8 Å². The van der Waals surface area contributed by atoms with Crippen LogP contribution < -0.4 is 11.2 Å². The number of carbonyl (C=O) groups is 1. The molecule has 0 spiro atoms. The zero-order valence-corrected chi connectivity index (χ0v) is 19.4. The largest absolute Gasteiger partial charge is 0.355 e. The van der Waals surface area contributed by atoms with Gasteiger partial charge in [-0.25, -0.2) is 4.68 Å². The Morgan fingerprint density at radius 3 is 2.69 bits per heavy atom. The number of carbonyl (C=O) groups excluding carboxylic acids is 1. The molecule has 0 fully saturated rings. The second-order valence-corrected chi connectivity index (χ2v) is 8.99. The van der Waals surface area contributed by atoms with Crippen molar-refractivity contribution in [1.82, 2.24) is 20.2 Å². The molecule has 1 amide bonds. The third kappa shape index (κ3) is 5.35. The van der Waals surface area contributed by atoms with Crippen molar-refractivity contribution in [2.75, 3.05) is 18.1 Å². The highest BCUT2D eigenvalue weighted by Crippen LogP contribution is 2.23. The molecule has 32 heavy (non-hydrogen) atoms. The number of hydrogen-bond acceptors (Lipinski definition) is 5. The van der Waals surface area contributed by atoms with Crippen molar-refractivity contribution in [3.8, 4) is 0 Å². The fraction of sp³-hybridized carbons (Fsp3) is 0.174. The van der Waals surface area contributed by atoms with Gasteiger partial charge >= 0.3 is 0 Å². The lowest BCUT2D eigenvalue weighted by molar-refractivity contribution is -0.118. The minimum atomic E-state index is -0.112. The average Bonchev–Trinajstić information content (AvgIpc) is 3.13. The van der Waals surface area contributed by atoms with Crippen LogP contribution in [0.5, 0.6) is 0 Å². The van der Waals surface area contributed by atoms with E-state index in [9.17, 15) is 4.79 Å². The molecule has 0 aliphatic carbocycles. The highest BCUT2D eigenvalue weighted by Gasteiger charge is 2.14. The summed E-state index contributed by atoms with van der Waals surface area (Å²) in [5.74, 6) is 6.92. The number of benzene rings is 3. The monoisotopic (exact) mass is 485 g/mol. The number of fused-ring (bicyclic) bond motifs is 1. The first-order chi connectivity index (χ1) is 15.5. The molecule has 0 bridgehead atoms. The molecule has 6 nitrogen and oxygen atoms in total. The molecule has 3 N–H and O–H groups in total. The summed E-state index contributed by atoms with van der Waals surface area (Å²) in [7, 11) is 0.